The number of carbonyl (C=O) groups is 2. The monoisotopic (exact) mass is 372 g/mol. The van der Waals surface area contributed by atoms with Crippen molar-refractivity contribution >= 4 is 29.1 Å². The van der Waals surface area contributed by atoms with Crippen LogP contribution < -0.4 is 15.0 Å². The highest BCUT2D eigenvalue weighted by Gasteiger charge is 2.33. The highest BCUT2D eigenvalue weighted by molar-refractivity contribution is 6.32. The number of carbonyl (C=O) groups excluding carboxylic acids is 2. The van der Waals surface area contributed by atoms with E-state index in [0.717, 1.165) is 16.8 Å². The fourth-order valence-electron chi connectivity index (χ4n) is 3.05. The van der Waals surface area contributed by atoms with Crippen LogP contribution in [-0.4, -0.2) is 31.5 Å². The first kappa shape index (κ1) is 18.3. The zero-order valence-electron chi connectivity index (χ0n) is 14.8. The van der Waals surface area contributed by atoms with Crippen LogP contribution in [0.25, 0.3) is 0 Å². The largest absolute Gasteiger partial charge is 0.495 e. The van der Waals surface area contributed by atoms with Gasteiger partial charge in [0.1, 0.15) is 11.8 Å². The van der Waals surface area contributed by atoms with Gasteiger partial charge in [0.05, 0.1) is 18.6 Å². The molecule has 0 radical (unpaired) electrons. The van der Waals surface area contributed by atoms with E-state index in [4.69, 9.17) is 16.3 Å². The minimum atomic E-state index is -0.488. The molecule has 1 saturated heterocycles. The van der Waals surface area contributed by atoms with Crippen molar-refractivity contribution < 1.29 is 14.3 Å². The first-order valence-corrected chi connectivity index (χ1v) is 8.85. The van der Waals surface area contributed by atoms with Crippen LogP contribution >= 0.6 is 11.6 Å². The molecule has 136 valence electrons. The second-order valence-electron chi connectivity index (χ2n) is 6.38. The fourth-order valence-corrected chi connectivity index (χ4v) is 3.33. The Balaban J connectivity index is 1.60. The van der Waals surface area contributed by atoms with Crippen LogP contribution in [0.1, 0.15) is 17.5 Å². The van der Waals surface area contributed by atoms with Crippen molar-refractivity contribution in [3.05, 3.63) is 58.6 Å². The molecule has 0 aliphatic carbocycles. The van der Waals surface area contributed by atoms with Gasteiger partial charge in [0.2, 0.25) is 11.8 Å². The highest BCUT2D eigenvalue weighted by atomic mass is 35.5. The van der Waals surface area contributed by atoms with E-state index in [1.165, 1.54) is 0 Å². The lowest BCUT2D eigenvalue weighted by atomic mass is 10.1. The number of hydrogen-bond acceptors (Lipinski definition) is 3. The Kier molecular flexibility index (Phi) is 5.47. The smallest absolute Gasteiger partial charge is 0.249 e. The third kappa shape index (κ3) is 3.99. The predicted octanol–water partition coefficient (Wildman–Crippen LogP) is 3.12. The summed E-state index contributed by atoms with van der Waals surface area (Å²) < 4.78 is 5.11. The molecule has 0 bridgehead atoms. The molecule has 5 nitrogen and oxygen atoms in total. The molecule has 0 spiro atoms. The minimum absolute atomic E-state index is 0.0741. The number of nitrogens with zero attached hydrogens (tertiary/aromatic N) is 1. The molecule has 2 aromatic carbocycles. The summed E-state index contributed by atoms with van der Waals surface area (Å²) >= 11 is 6.09. The fraction of sp³-hybridized carbons (Fsp3) is 0.300. The number of hydrogen-bond donors (Lipinski definition) is 1. The van der Waals surface area contributed by atoms with Gasteiger partial charge in [-0.15, -0.1) is 0 Å². The van der Waals surface area contributed by atoms with Crippen LogP contribution in [0.5, 0.6) is 5.75 Å². The van der Waals surface area contributed by atoms with E-state index in [9.17, 15) is 9.59 Å². The van der Waals surface area contributed by atoms with Gasteiger partial charge in [-0.3, -0.25) is 9.59 Å². The summed E-state index contributed by atoms with van der Waals surface area (Å²) in [6.07, 6.45) is 0.764. The summed E-state index contributed by atoms with van der Waals surface area (Å²) in [6.45, 7) is 2.60. The Labute approximate surface area is 157 Å². The molecule has 6 heteroatoms. The number of anilines is 1. The number of amides is 2. The Morgan fingerprint density at radius 1 is 1.27 bits per heavy atom. The van der Waals surface area contributed by atoms with Crippen molar-refractivity contribution in [2.75, 3.05) is 18.6 Å². The molecule has 1 fully saturated rings. The summed E-state index contributed by atoms with van der Waals surface area (Å²) in [5.74, 6) is 0.292. The topological polar surface area (TPSA) is 58.6 Å². The lowest BCUT2D eigenvalue weighted by Crippen LogP contribution is -2.42. The Bertz CT molecular complexity index is 820. The van der Waals surface area contributed by atoms with Crippen LogP contribution in [0.2, 0.25) is 5.02 Å². The molecule has 1 aliphatic rings. The van der Waals surface area contributed by atoms with E-state index in [1.807, 2.05) is 31.2 Å². The van der Waals surface area contributed by atoms with Crippen LogP contribution in [0.4, 0.5) is 5.69 Å². The molecule has 1 N–H and O–H groups in total. The maximum absolute atomic E-state index is 12.6. The number of halogens is 1. The molecular weight excluding hydrogens is 352 g/mol. The number of rotatable bonds is 5. The van der Waals surface area contributed by atoms with E-state index in [1.54, 1.807) is 30.2 Å². The SMILES string of the molecule is COc1ccc(CC(=O)N[C@@H]2CCN(c3ccc(C)cc3)C2=O)cc1Cl. The molecule has 1 aliphatic heterocycles. The van der Waals surface area contributed by atoms with Gasteiger partial charge in [-0.05, 0) is 43.2 Å². The summed E-state index contributed by atoms with van der Waals surface area (Å²) in [5.41, 5.74) is 2.77. The third-order valence-electron chi connectivity index (χ3n) is 4.47. The quantitative estimate of drug-likeness (QED) is 0.877. The molecule has 0 saturated carbocycles. The first-order chi connectivity index (χ1) is 12.5. The summed E-state index contributed by atoms with van der Waals surface area (Å²) in [6, 6.07) is 12.5. The van der Waals surface area contributed by atoms with E-state index >= 15 is 0 Å². The van der Waals surface area contributed by atoms with Gasteiger partial charge < -0.3 is 15.0 Å². The third-order valence-corrected chi connectivity index (χ3v) is 4.76. The average Bonchev–Trinajstić information content (AvgIpc) is 2.96. The lowest BCUT2D eigenvalue weighted by molar-refractivity contribution is -0.126. The average molecular weight is 373 g/mol. The second-order valence-corrected chi connectivity index (χ2v) is 6.79. The second kappa shape index (κ2) is 7.79. The van der Waals surface area contributed by atoms with Gasteiger partial charge in [-0.2, -0.15) is 0 Å². The molecular formula is C20H21ClN2O3. The van der Waals surface area contributed by atoms with Crippen molar-refractivity contribution in [2.24, 2.45) is 0 Å². The van der Waals surface area contributed by atoms with E-state index in [0.29, 0.717) is 23.7 Å². The Morgan fingerprint density at radius 2 is 2.00 bits per heavy atom. The van der Waals surface area contributed by atoms with Gasteiger partial charge in [0.25, 0.3) is 0 Å². The molecule has 0 aromatic heterocycles. The van der Waals surface area contributed by atoms with Crippen LogP contribution in [-0.2, 0) is 16.0 Å². The summed E-state index contributed by atoms with van der Waals surface area (Å²) in [4.78, 5) is 26.6. The minimum Gasteiger partial charge on any atom is -0.495 e. The van der Waals surface area contributed by atoms with Gasteiger partial charge in [-0.25, -0.2) is 0 Å². The van der Waals surface area contributed by atoms with Crippen LogP contribution in [0.3, 0.4) is 0 Å². The standard InChI is InChI=1S/C20H21ClN2O3/c1-13-3-6-15(7-4-13)23-10-9-17(20(23)25)22-19(24)12-14-5-8-18(26-2)16(21)11-14/h3-8,11,17H,9-10,12H2,1-2H3,(H,22,24)/t17-/m1/s1. The normalized spacial score (nSPS) is 16.7. The zero-order valence-corrected chi connectivity index (χ0v) is 15.5. The summed E-state index contributed by atoms with van der Waals surface area (Å²) in [7, 11) is 1.54. The van der Waals surface area contributed by atoms with Gasteiger partial charge in [0, 0.05) is 12.2 Å². The molecule has 1 heterocycles. The van der Waals surface area contributed by atoms with Gasteiger partial charge in [-0.1, -0.05) is 35.4 Å². The Hall–Kier alpha value is -2.53. The maximum atomic E-state index is 12.6. The predicted molar refractivity (Wildman–Crippen MR) is 102 cm³/mol. The molecule has 3 rings (SSSR count). The van der Waals surface area contributed by atoms with Gasteiger partial charge in [0.15, 0.2) is 0 Å². The maximum Gasteiger partial charge on any atom is 0.249 e. The zero-order chi connectivity index (χ0) is 18.7. The van der Waals surface area contributed by atoms with Crippen LogP contribution in [0.15, 0.2) is 42.5 Å². The van der Waals surface area contributed by atoms with Crippen LogP contribution in [0, 0.1) is 6.92 Å². The van der Waals surface area contributed by atoms with E-state index in [-0.39, 0.29) is 18.2 Å². The van der Waals surface area contributed by atoms with Gasteiger partial charge >= 0.3 is 0 Å². The molecule has 26 heavy (non-hydrogen) atoms. The highest BCUT2D eigenvalue weighted by Crippen LogP contribution is 2.25. The molecule has 2 amide bonds. The lowest BCUT2D eigenvalue weighted by Gasteiger charge is -2.17. The van der Waals surface area contributed by atoms with E-state index in [2.05, 4.69) is 5.32 Å². The number of benzene rings is 2. The van der Waals surface area contributed by atoms with E-state index < -0.39 is 6.04 Å². The molecule has 0 unspecified atom stereocenters. The molecule has 1 atom stereocenters. The van der Waals surface area contributed by atoms with Crippen molar-refractivity contribution in [3.8, 4) is 5.75 Å². The van der Waals surface area contributed by atoms with Crippen molar-refractivity contribution in [3.63, 3.8) is 0 Å². The molecule has 2 aromatic rings. The van der Waals surface area contributed by atoms with Crippen molar-refractivity contribution in [1.29, 1.82) is 0 Å². The number of nitrogens with one attached hydrogen (secondary N) is 1. The number of ether oxygens (including phenoxy) is 1. The summed E-state index contributed by atoms with van der Waals surface area (Å²) in [5, 5.41) is 3.29. The Morgan fingerprint density at radius 3 is 2.65 bits per heavy atom. The van der Waals surface area contributed by atoms with Crippen molar-refractivity contribution in [1.82, 2.24) is 5.32 Å². The number of methoxy groups -OCH3 is 1. The number of aryl methyl sites for hydroxylation is 1. The first-order valence-electron chi connectivity index (χ1n) is 8.48. The van der Waals surface area contributed by atoms with Crippen molar-refractivity contribution in [2.45, 2.75) is 25.8 Å².